The van der Waals surface area contributed by atoms with Crippen LogP contribution in [0.3, 0.4) is 0 Å². The average molecular weight is 218 g/mol. The van der Waals surface area contributed by atoms with E-state index < -0.39 is 0 Å². The molecule has 0 saturated heterocycles. The summed E-state index contributed by atoms with van der Waals surface area (Å²) in [5, 5.41) is 0. The molecule has 1 unspecified atom stereocenters. The Kier molecular flexibility index (Phi) is 3.28. The number of benzene rings is 1. The third-order valence-corrected chi connectivity index (χ3v) is 2.98. The van der Waals surface area contributed by atoms with Gasteiger partial charge in [-0.1, -0.05) is 13.3 Å². The van der Waals surface area contributed by atoms with E-state index in [4.69, 9.17) is 4.74 Å². The van der Waals surface area contributed by atoms with Crippen LogP contribution in [0.5, 0.6) is 5.75 Å². The topological polar surface area (TPSA) is 26.3 Å². The van der Waals surface area contributed by atoms with Gasteiger partial charge in [0.1, 0.15) is 11.9 Å². The second kappa shape index (κ2) is 4.69. The number of unbranched alkanes of at least 4 members (excludes halogenated alkanes) is 1. The highest BCUT2D eigenvalue weighted by atomic mass is 16.5. The Morgan fingerprint density at radius 3 is 3.06 bits per heavy atom. The summed E-state index contributed by atoms with van der Waals surface area (Å²) in [6.07, 6.45) is 3.87. The number of hydrogen-bond acceptors (Lipinski definition) is 2. The van der Waals surface area contributed by atoms with Crippen molar-refractivity contribution >= 4 is 5.78 Å². The molecule has 1 atom stereocenters. The largest absolute Gasteiger partial charge is 0.490 e. The first-order valence-electron chi connectivity index (χ1n) is 6.03. The zero-order valence-electron chi connectivity index (χ0n) is 9.95. The van der Waals surface area contributed by atoms with Crippen LogP contribution in [0.25, 0.3) is 0 Å². The maximum atomic E-state index is 11.8. The van der Waals surface area contributed by atoms with Crippen molar-refractivity contribution in [2.75, 3.05) is 0 Å². The van der Waals surface area contributed by atoms with Crippen LogP contribution in [0.2, 0.25) is 0 Å². The lowest BCUT2D eigenvalue weighted by Gasteiger charge is -2.03. The molecule has 16 heavy (non-hydrogen) atoms. The fourth-order valence-electron chi connectivity index (χ4n) is 2.08. The molecule has 0 saturated carbocycles. The summed E-state index contributed by atoms with van der Waals surface area (Å²) in [5.74, 6) is 1.20. The van der Waals surface area contributed by atoms with Gasteiger partial charge in [-0.25, -0.2) is 0 Å². The van der Waals surface area contributed by atoms with E-state index in [2.05, 4.69) is 13.8 Å². The van der Waals surface area contributed by atoms with Gasteiger partial charge >= 0.3 is 0 Å². The molecular weight excluding hydrogens is 200 g/mol. The minimum Gasteiger partial charge on any atom is -0.490 e. The molecule has 0 fully saturated rings. The van der Waals surface area contributed by atoms with Crippen molar-refractivity contribution in [1.82, 2.24) is 0 Å². The molecule has 0 radical (unpaired) electrons. The summed E-state index contributed by atoms with van der Waals surface area (Å²) in [6.45, 7) is 4.16. The summed E-state index contributed by atoms with van der Waals surface area (Å²) in [5.41, 5.74) is 2.01. The molecule has 1 aliphatic heterocycles. The zero-order chi connectivity index (χ0) is 11.5. The highest BCUT2D eigenvalue weighted by Gasteiger charge is 2.20. The number of Topliss-reactive ketones (excluding diaryl/α,β-unsaturated/α-hetero) is 1. The highest BCUT2D eigenvalue weighted by molar-refractivity contribution is 5.96. The van der Waals surface area contributed by atoms with E-state index in [1.165, 1.54) is 5.56 Å². The molecule has 0 N–H and O–H groups in total. The number of rotatable bonds is 4. The van der Waals surface area contributed by atoms with Crippen LogP contribution in [0, 0.1) is 0 Å². The number of carbonyl (C=O) groups is 1. The fraction of sp³-hybridized carbons (Fsp3) is 0.500. The van der Waals surface area contributed by atoms with E-state index in [1.807, 2.05) is 18.2 Å². The summed E-state index contributed by atoms with van der Waals surface area (Å²) in [4.78, 5) is 11.8. The van der Waals surface area contributed by atoms with Crippen LogP contribution < -0.4 is 4.74 Å². The minimum atomic E-state index is 0.246. The van der Waals surface area contributed by atoms with Crippen molar-refractivity contribution in [3.63, 3.8) is 0 Å². The van der Waals surface area contributed by atoms with E-state index in [1.54, 1.807) is 0 Å². The molecule has 0 amide bonds. The predicted molar refractivity (Wildman–Crippen MR) is 64.1 cm³/mol. The van der Waals surface area contributed by atoms with E-state index in [9.17, 15) is 4.79 Å². The average Bonchev–Trinajstić information content (AvgIpc) is 2.64. The van der Waals surface area contributed by atoms with Gasteiger partial charge in [-0.2, -0.15) is 0 Å². The molecule has 1 aromatic carbocycles. The smallest absolute Gasteiger partial charge is 0.162 e. The molecule has 0 aromatic heterocycles. The number of fused-ring (bicyclic) bond motifs is 1. The van der Waals surface area contributed by atoms with Gasteiger partial charge in [0, 0.05) is 18.4 Å². The standard InChI is InChI=1S/C14H18O2/c1-3-4-5-13(15)11-6-7-14-12(9-11)8-10(2)16-14/h6-7,9-10H,3-5,8H2,1-2H3. The van der Waals surface area contributed by atoms with Crippen LogP contribution in [0.4, 0.5) is 0 Å². The minimum absolute atomic E-state index is 0.246. The van der Waals surface area contributed by atoms with Gasteiger partial charge in [0.05, 0.1) is 0 Å². The maximum absolute atomic E-state index is 11.8. The number of carbonyl (C=O) groups excluding carboxylic acids is 1. The lowest BCUT2D eigenvalue weighted by Crippen LogP contribution is -2.05. The normalized spacial score (nSPS) is 18.0. The van der Waals surface area contributed by atoms with Crippen molar-refractivity contribution in [1.29, 1.82) is 0 Å². The summed E-state index contributed by atoms with van der Waals surface area (Å²) in [7, 11) is 0. The Morgan fingerprint density at radius 2 is 2.31 bits per heavy atom. The summed E-state index contributed by atoms with van der Waals surface area (Å²) in [6, 6.07) is 5.81. The van der Waals surface area contributed by atoms with E-state index in [0.29, 0.717) is 6.42 Å². The molecule has 0 bridgehead atoms. The number of ether oxygens (including phenoxy) is 1. The van der Waals surface area contributed by atoms with Gasteiger partial charge < -0.3 is 4.74 Å². The molecule has 1 aliphatic rings. The molecule has 1 heterocycles. The van der Waals surface area contributed by atoms with E-state index >= 15 is 0 Å². The molecule has 0 spiro atoms. The summed E-state index contributed by atoms with van der Waals surface area (Å²) < 4.78 is 5.61. The van der Waals surface area contributed by atoms with Gasteiger partial charge in [0.15, 0.2) is 5.78 Å². The molecule has 2 heteroatoms. The predicted octanol–water partition coefficient (Wildman–Crippen LogP) is 3.38. The molecule has 86 valence electrons. The Hall–Kier alpha value is -1.31. The van der Waals surface area contributed by atoms with Crippen LogP contribution in [0.1, 0.15) is 49.0 Å². The van der Waals surface area contributed by atoms with Gasteiger partial charge in [-0.15, -0.1) is 0 Å². The molecule has 1 aromatic rings. The van der Waals surface area contributed by atoms with E-state index in [0.717, 1.165) is 30.6 Å². The van der Waals surface area contributed by atoms with Crippen molar-refractivity contribution < 1.29 is 9.53 Å². The number of ketones is 1. The van der Waals surface area contributed by atoms with Crippen molar-refractivity contribution in [2.45, 2.75) is 45.6 Å². The van der Waals surface area contributed by atoms with E-state index in [-0.39, 0.29) is 11.9 Å². The number of hydrogen-bond donors (Lipinski definition) is 0. The molecular formula is C14H18O2. The van der Waals surface area contributed by atoms with Crippen molar-refractivity contribution in [3.05, 3.63) is 29.3 Å². The quantitative estimate of drug-likeness (QED) is 0.724. The summed E-state index contributed by atoms with van der Waals surface area (Å²) >= 11 is 0. The first kappa shape index (κ1) is 11.2. The van der Waals surface area contributed by atoms with Crippen LogP contribution in [0.15, 0.2) is 18.2 Å². The third-order valence-electron chi connectivity index (χ3n) is 2.98. The maximum Gasteiger partial charge on any atom is 0.162 e. The fourth-order valence-corrected chi connectivity index (χ4v) is 2.08. The van der Waals surface area contributed by atoms with Crippen LogP contribution >= 0.6 is 0 Å². The molecule has 0 aliphatic carbocycles. The lowest BCUT2D eigenvalue weighted by atomic mass is 10.0. The van der Waals surface area contributed by atoms with Gasteiger partial charge in [0.2, 0.25) is 0 Å². The first-order chi connectivity index (χ1) is 7.70. The van der Waals surface area contributed by atoms with Crippen LogP contribution in [-0.4, -0.2) is 11.9 Å². The van der Waals surface area contributed by atoms with Crippen molar-refractivity contribution in [3.8, 4) is 5.75 Å². The Balaban J connectivity index is 2.13. The Labute approximate surface area is 96.6 Å². The first-order valence-corrected chi connectivity index (χ1v) is 6.03. The second-order valence-corrected chi connectivity index (χ2v) is 4.48. The monoisotopic (exact) mass is 218 g/mol. The second-order valence-electron chi connectivity index (χ2n) is 4.48. The highest BCUT2D eigenvalue weighted by Crippen LogP contribution is 2.29. The van der Waals surface area contributed by atoms with Gasteiger partial charge in [0.25, 0.3) is 0 Å². The Bertz CT molecular complexity index is 396. The molecule has 2 rings (SSSR count). The third kappa shape index (κ3) is 2.26. The zero-order valence-corrected chi connectivity index (χ0v) is 9.95. The Morgan fingerprint density at radius 1 is 1.50 bits per heavy atom. The van der Waals surface area contributed by atoms with Gasteiger partial charge in [-0.3, -0.25) is 4.79 Å². The van der Waals surface area contributed by atoms with Crippen LogP contribution in [-0.2, 0) is 6.42 Å². The molecule has 2 nitrogen and oxygen atoms in total. The van der Waals surface area contributed by atoms with Crippen molar-refractivity contribution in [2.24, 2.45) is 0 Å². The SMILES string of the molecule is CCCCC(=O)c1ccc2c(c1)CC(C)O2. The van der Waals surface area contributed by atoms with Gasteiger partial charge in [-0.05, 0) is 37.1 Å². The lowest BCUT2D eigenvalue weighted by molar-refractivity contribution is 0.0979.